The van der Waals surface area contributed by atoms with Gasteiger partial charge >= 0.3 is 5.69 Å². The highest BCUT2D eigenvalue weighted by molar-refractivity contribution is 5.58. The SMILES string of the molecule is C[C@]1(O)C(O)[C@H](n2ccc(=O)n(Cc3cc(-c4ccccn4)ccn3)c2=O)O[C@@H]1CO. The summed E-state index contributed by atoms with van der Waals surface area (Å²) in [6.45, 7) is 0.660. The number of hydrogen-bond donors (Lipinski definition) is 3. The van der Waals surface area contributed by atoms with Gasteiger partial charge in [-0.05, 0) is 31.2 Å². The van der Waals surface area contributed by atoms with Crippen molar-refractivity contribution < 1.29 is 20.1 Å². The van der Waals surface area contributed by atoms with Gasteiger partial charge in [-0.3, -0.25) is 23.9 Å². The molecule has 1 unspecified atom stereocenters. The van der Waals surface area contributed by atoms with E-state index in [1.165, 1.54) is 19.2 Å². The van der Waals surface area contributed by atoms with Crippen LogP contribution in [0.5, 0.6) is 0 Å². The van der Waals surface area contributed by atoms with Crippen LogP contribution in [0, 0.1) is 0 Å². The molecule has 10 heteroatoms. The Morgan fingerprint density at radius 2 is 1.97 bits per heavy atom. The summed E-state index contributed by atoms with van der Waals surface area (Å²) >= 11 is 0. The van der Waals surface area contributed by atoms with Gasteiger partial charge in [0.1, 0.15) is 17.8 Å². The summed E-state index contributed by atoms with van der Waals surface area (Å²) in [5, 5.41) is 30.3. The first-order chi connectivity index (χ1) is 14.8. The second-order valence-corrected chi connectivity index (χ2v) is 7.55. The molecule has 31 heavy (non-hydrogen) atoms. The summed E-state index contributed by atoms with van der Waals surface area (Å²) in [6, 6.07) is 10.2. The van der Waals surface area contributed by atoms with Crippen LogP contribution in [-0.4, -0.2) is 58.8 Å². The van der Waals surface area contributed by atoms with Gasteiger partial charge in [-0.1, -0.05) is 6.07 Å². The Hall–Kier alpha value is -3.18. The molecule has 1 aliphatic rings. The zero-order valence-electron chi connectivity index (χ0n) is 16.7. The van der Waals surface area contributed by atoms with E-state index in [1.807, 2.05) is 12.1 Å². The minimum atomic E-state index is -1.77. The summed E-state index contributed by atoms with van der Waals surface area (Å²) < 4.78 is 7.49. The van der Waals surface area contributed by atoms with E-state index >= 15 is 0 Å². The number of aromatic nitrogens is 4. The molecule has 1 fully saturated rings. The molecule has 3 aromatic rings. The van der Waals surface area contributed by atoms with Crippen LogP contribution in [0.1, 0.15) is 18.8 Å². The summed E-state index contributed by atoms with van der Waals surface area (Å²) in [5.74, 6) is 0. The lowest BCUT2D eigenvalue weighted by Gasteiger charge is -2.25. The fraction of sp³-hybridized carbons (Fsp3) is 0.333. The second kappa shape index (κ2) is 8.16. The Morgan fingerprint density at radius 3 is 2.65 bits per heavy atom. The van der Waals surface area contributed by atoms with E-state index in [0.717, 1.165) is 20.4 Å². The number of ether oxygens (including phenoxy) is 1. The Bertz CT molecular complexity index is 1190. The third kappa shape index (κ3) is 3.81. The average Bonchev–Trinajstić information content (AvgIpc) is 3.00. The van der Waals surface area contributed by atoms with E-state index in [9.17, 15) is 24.9 Å². The smallest absolute Gasteiger partial charge is 0.333 e. The van der Waals surface area contributed by atoms with Crippen LogP contribution in [-0.2, 0) is 11.3 Å². The van der Waals surface area contributed by atoms with E-state index in [2.05, 4.69) is 9.97 Å². The van der Waals surface area contributed by atoms with E-state index < -0.39 is 41.9 Å². The Balaban J connectivity index is 1.69. The van der Waals surface area contributed by atoms with Gasteiger partial charge in [-0.15, -0.1) is 0 Å². The van der Waals surface area contributed by atoms with Crippen molar-refractivity contribution >= 4 is 0 Å². The number of rotatable bonds is 5. The normalized spacial score (nSPS) is 25.6. The summed E-state index contributed by atoms with van der Waals surface area (Å²) in [7, 11) is 0. The van der Waals surface area contributed by atoms with Crippen LogP contribution < -0.4 is 11.2 Å². The van der Waals surface area contributed by atoms with E-state index in [0.29, 0.717) is 5.69 Å². The number of nitrogens with zero attached hydrogens (tertiary/aromatic N) is 4. The number of hydrogen-bond acceptors (Lipinski definition) is 8. The standard InChI is InChI=1S/C21H22N4O6/c1-21(30)16(12-26)31-19(18(21)28)24-9-6-17(27)25(20(24)29)11-14-10-13(5-8-22-14)15-4-2-3-7-23-15/h2-10,16,18-19,26,28,30H,11-12H2,1H3/t16-,18?,19-,21-/m1/s1. The largest absolute Gasteiger partial charge is 0.394 e. The highest BCUT2D eigenvalue weighted by atomic mass is 16.6. The molecule has 0 spiro atoms. The van der Waals surface area contributed by atoms with Crippen molar-refractivity contribution in [3.05, 3.63) is 81.5 Å². The molecular formula is C21H22N4O6. The summed E-state index contributed by atoms with van der Waals surface area (Å²) in [4.78, 5) is 34.0. The van der Waals surface area contributed by atoms with Gasteiger partial charge in [0.25, 0.3) is 5.56 Å². The summed E-state index contributed by atoms with van der Waals surface area (Å²) in [6.07, 6.45) is 0.591. The lowest BCUT2D eigenvalue weighted by Crippen LogP contribution is -2.47. The third-order valence-electron chi connectivity index (χ3n) is 5.46. The molecule has 3 N–H and O–H groups in total. The molecule has 1 aliphatic heterocycles. The molecule has 0 amide bonds. The molecule has 0 aromatic carbocycles. The molecule has 0 saturated carbocycles. The van der Waals surface area contributed by atoms with E-state index in [1.54, 1.807) is 30.6 Å². The molecule has 4 heterocycles. The molecule has 162 valence electrons. The van der Waals surface area contributed by atoms with Crippen molar-refractivity contribution in [3.63, 3.8) is 0 Å². The monoisotopic (exact) mass is 426 g/mol. The van der Waals surface area contributed by atoms with Crippen molar-refractivity contribution in [2.75, 3.05) is 6.61 Å². The van der Waals surface area contributed by atoms with Crippen LogP contribution in [0.3, 0.4) is 0 Å². The van der Waals surface area contributed by atoms with Crippen LogP contribution in [0.15, 0.2) is 64.6 Å². The highest BCUT2D eigenvalue weighted by Crippen LogP contribution is 2.35. The zero-order valence-corrected chi connectivity index (χ0v) is 16.7. The first kappa shape index (κ1) is 21.1. The van der Waals surface area contributed by atoms with Crippen LogP contribution in [0.25, 0.3) is 11.3 Å². The quantitative estimate of drug-likeness (QED) is 0.497. The van der Waals surface area contributed by atoms with E-state index in [4.69, 9.17) is 4.74 Å². The first-order valence-corrected chi connectivity index (χ1v) is 9.68. The molecule has 3 aromatic heterocycles. The zero-order chi connectivity index (χ0) is 22.2. The topological polar surface area (TPSA) is 140 Å². The fourth-order valence-corrected chi connectivity index (χ4v) is 3.60. The van der Waals surface area contributed by atoms with Gasteiger partial charge in [-0.25, -0.2) is 4.79 Å². The van der Waals surface area contributed by atoms with Gasteiger partial charge in [0.15, 0.2) is 6.23 Å². The van der Waals surface area contributed by atoms with Crippen molar-refractivity contribution in [3.8, 4) is 11.3 Å². The lowest BCUT2D eigenvalue weighted by molar-refractivity contribution is -0.0807. The van der Waals surface area contributed by atoms with Crippen molar-refractivity contribution in [2.45, 2.75) is 37.5 Å². The van der Waals surface area contributed by atoms with Gasteiger partial charge < -0.3 is 20.1 Å². The fourth-order valence-electron chi connectivity index (χ4n) is 3.60. The second-order valence-electron chi connectivity index (χ2n) is 7.55. The molecule has 10 nitrogen and oxygen atoms in total. The predicted molar refractivity (Wildman–Crippen MR) is 109 cm³/mol. The van der Waals surface area contributed by atoms with Gasteiger partial charge in [-0.2, -0.15) is 0 Å². The Morgan fingerprint density at radius 1 is 1.16 bits per heavy atom. The molecule has 4 rings (SSSR count). The molecule has 0 radical (unpaired) electrons. The van der Waals surface area contributed by atoms with Gasteiger partial charge in [0.05, 0.1) is 24.5 Å². The highest BCUT2D eigenvalue weighted by Gasteiger charge is 2.52. The lowest BCUT2D eigenvalue weighted by atomic mass is 9.95. The number of aliphatic hydroxyl groups excluding tert-OH is 2. The molecule has 1 saturated heterocycles. The Labute approximate surface area is 176 Å². The minimum Gasteiger partial charge on any atom is -0.394 e. The maximum Gasteiger partial charge on any atom is 0.333 e. The van der Waals surface area contributed by atoms with Crippen LogP contribution in [0.2, 0.25) is 0 Å². The third-order valence-corrected chi connectivity index (χ3v) is 5.46. The first-order valence-electron chi connectivity index (χ1n) is 9.68. The minimum absolute atomic E-state index is 0.109. The maximum atomic E-state index is 13.0. The molecule has 0 bridgehead atoms. The Kier molecular flexibility index (Phi) is 5.54. The average molecular weight is 426 g/mol. The van der Waals surface area contributed by atoms with Gasteiger partial charge in [0, 0.05) is 30.2 Å². The van der Waals surface area contributed by atoms with Crippen LogP contribution >= 0.6 is 0 Å². The summed E-state index contributed by atoms with van der Waals surface area (Å²) in [5.41, 5.74) is -1.08. The van der Waals surface area contributed by atoms with Crippen LogP contribution in [0.4, 0.5) is 0 Å². The van der Waals surface area contributed by atoms with Gasteiger partial charge in [0.2, 0.25) is 0 Å². The maximum absolute atomic E-state index is 13.0. The molecule has 4 atom stereocenters. The van der Waals surface area contributed by atoms with Crippen molar-refractivity contribution in [1.82, 2.24) is 19.1 Å². The van der Waals surface area contributed by atoms with Crippen molar-refractivity contribution in [2.24, 2.45) is 0 Å². The van der Waals surface area contributed by atoms with Crippen molar-refractivity contribution in [1.29, 1.82) is 0 Å². The number of pyridine rings is 2. The molecular weight excluding hydrogens is 404 g/mol. The molecule has 0 aliphatic carbocycles. The van der Waals surface area contributed by atoms with E-state index in [-0.39, 0.29) is 6.54 Å². The number of aliphatic hydroxyl groups is 3. The predicted octanol–water partition coefficient (Wildman–Crippen LogP) is -0.483.